The average molecular weight is 381 g/mol. The molecular formula is C14H9BrN2O6. The van der Waals surface area contributed by atoms with Crippen molar-refractivity contribution in [3.63, 3.8) is 0 Å². The first-order chi connectivity index (χ1) is 10.9. The highest BCUT2D eigenvalue weighted by Gasteiger charge is 2.16. The van der Waals surface area contributed by atoms with Crippen LogP contribution in [-0.4, -0.2) is 21.9 Å². The molecule has 1 aromatic carbocycles. The van der Waals surface area contributed by atoms with Gasteiger partial charge in [0.2, 0.25) is 0 Å². The van der Waals surface area contributed by atoms with E-state index in [1.54, 1.807) is 0 Å². The van der Waals surface area contributed by atoms with Gasteiger partial charge in [0.25, 0.3) is 11.6 Å². The number of aliphatic carboxylic acids is 1. The molecule has 1 amide bonds. The lowest BCUT2D eigenvalue weighted by molar-refractivity contribution is -0.384. The number of hydrogen-bond acceptors (Lipinski definition) is 5. The Labute approximate surface area is 137 Å². The fraction of sp³-hybridized carbons (Fsp3) is 0. The molecule has 0 saturated carbocycles. The smallest absolute Gasteiger partial charge is 0.352 e. The maximum Gasteiger partial charge on any atom is 0.352 e. The normalized spacial score (nSPS) is 11.1. The van der Waals surface area contributed by atoms with E-state index in [2.05, 4.69) is 21.2 Å². The topological polar surface area (TPSA) is 123 Å². The van der Waals surface area contributed by atoms with Crippen molar-refractivity contribution in [1.82, 2.24) is 5.32 Å². The summed E-state index contributed by atoms with van der Waals surface area (Å²) in [5, 5.41) is 22.1. The maximum absolute atomic E-state index is 11.9. The maximum atomic E-state index is 11.9. The van der Waals surface area contributed by atoms with Crippen molar-refractivity contribution in [3.8, 4) is 0 Å². The first-order valence-electron chi connectivity index (χ1n) is 6.13. The monoisotopic (exact) mass is 380 g/mol. The van der Waals surface area contributed by atoms with E-state index in [0.29, 0.717) is 4.67 Å². The van der Waals surface area contributed by atoms with Gasteiger partial charge in [-0.05, 0) is 39.7 Å². The van der Waals surface area contributed by atoms with Crippen LogP contribution in [0.15, 0.2) is 51.2 Å². The highest BCUT2D eigenvalue weighted by molar-refractivity contribution is 9.10. The highest BCUT2D eigenvalue weighted by Crippen LogP contribution is 2.17. The van der Waals surface area contributed by atoms with Gasteiger partial charge in [0.15, 0.2) is 10.4 Å². The molecule has 0 radical (unpaired) electrons. The summed E-state index contributed by atoms with van der Waals surface area (Å²) in [5.74, 6) is -2.23. The molecule has 0 spiro atoms. The Bertz CT molecular complexity index is 811. The Balaban J connectivity index is 2.27. The SMILES string of the molecule is O=C(O)/C(=C\c1cccc([N+](=O)[O-])c1)NC(=O)c1ccc(Br)o1. The number of rotatable bonds is 5. The molecule has 23 heavy (non-hydrogen) atoms. The summed E-state index contributed by atoms with van der Waals surface area (Å²) < 4.78 is 5.34. The second-order valence-corrected chi connectivity index (χ2v) is 5.05. The number of halogens is 1. The van der Waals surface area contributed by atoms with Crippen LogP contribution in [-0.2, 0) is 4.79 Å². The largest absolute Gasteiger partial charge is 0.477 e. The van der Waals surface area contributed by atoms with Gasteiger partial charge >= 0.3 is 5.97 Å². The number of carboxylic acids is 1. The number of carboxylic acid groups (broad SMARTS) is 1. The minimum absolute atomic E-state index is 0.0805. The van der Waals surface area contributed by atoms with Crippen LogP contribution >= 0.6 is 15.9 Å². The van der Waals surface area contributed by atoms with Crippen LogP contribution in [0.2, 0.25) is 0 Å². The first-order valence-corrected chi connectivity index (χ1v) is 6.92. The van der Waals surface area contributed by atoms with Crippen molar-refractivity contribution in [2.45, 2.75) is 0 Å². The number of amides is 1. The summed E-state index contributed by atoms with van der Waals surface area (Å²) in [6.07, 6.45) is 1.12. The van der Waals surface area contributed by atoms with E-state index in [0.717, 1.165) is 6.08 Å². The molecule has 8 nitrogen and oxygen atoms in total. The Morgan fingerprint density at radius 1 is 1.30 bits per heavy atom. The molecular weight excluding hydrogens is 372 g/mol. The van der Waals surface area contributed by atoms with Crippen LogP contribution in [0.5, 0.6) is 0 Å². The predicted molar refractivity (Wildman–Crippen MR) is 82.6 cm³/mol. The first kappa shape index (κ1) is 16.4. The fourth-order valence-electron chi connectivity index (χ4n) is 1.67. The molecule has 0 saturated heterocycles. The lowest BCUT2D eigenvalue weighted by atomic mass is 10.1. The third-order valence-corrected chi connectivity index (χ3v) is 3.09. The van der Waals surface area contributed by atoms with Gasteiger partial charge in [0.05, 0.1) is 4.92 Å². The van der Waals surface area contributed by atoms with E-state index in [-0.39, 0.29) is 17.0 Å². The van der Waals surface area contributed by atoms with Crippen molar-refractivity contribution in [3.05, 3.63) is 68.2 Å². The Kier molecular flexibility index (Phi) is 4.91. The van der Waals surface area contributed by atoms with E-state index < -0.39 is 22.5 Å². The van der Waals surface area contributed by atoms with Crippen LogP contribution in [0.1, 0.15) is 16.1 Å². The van der Waals surface area contributed by atoms with Gasteiger partial charge in [-0.1, -0.05) is 12.1 Å². The molecule has 0 atom stereocenters. The summed E-state index contributed by atoms with van der Waals surface area (Å²) in [5.41, 5.74) is -0.370. The van der Waals surface area contributed by atoms with Crippen LogP contribution in [0.4, 0.5) is 5.69 Å². The molecule has 0 fully saturated rings. The number of hydrogen-bond donors (Lipinski definition) is 2. The third kappa shape index (κ3) is 4.27. The van der Waals surface area contributed by atoms with Crippen molar-refractivity contribution >= 4 is 39.6 Å². The molecule has 0 bridgehead atoms. The zero-order valence-corrected chi connectivity index (χ0v) is 12.9. The molecule has 0 aliphatic heterocycles. The van der Waals surface area contributed by atoms with E-state index in [4.69, 9.17) is 9.52 Å². The number of nitro groups is 1. The van der Waals surface area contributed by atoms with E-state index in [9.17, 15) is 19.7 Å². The van der Waals surface area contributed by atoms with Crippen molar-refractivity contribution in [1.29, 1.82) is 0 Å². The molecule has 118 valence electrons. The minimum Gasteiger partial charge on any atom is -0.477 e. The van der Waals surface area contributed by atoms with E-state index in [1.807, 2.05) is 0 Å². The molecule has 2 N–H and O–H groups in total. The average Bonchev–Trinajstić information content (AvgIpc) is 2.93. The van der Waals surface area contributed by atoms with Gasteiger partial charge in [-0.2, -0.15) is 0 Å². The third-order valence-electron chi connectivity index (χ3n) is 2.67. The summed E-state index contributed by atoms with van der Waals surface area (Å²) in [6.45, 7) is 0. The van der Waals surface area contributed by atoms with Gasteiger partial charge in [0, 0.05) is 12.1 Å². The number of carbonyl (C=O) groups is 2. The Morgan fingerprint density at radius 2 is 2.04 bits per heavy atom. The van der Waals surface area contributed by atoms with Gasteiger partial charge in [-0.15, -0.1) is 0 Å². The summed E-state index contributed by atoms with van der Waals surface area (Å²) in [4.78, 5) is 33.3. The van der Waals surface area contributed by atoms with Crippen LogP contribution < -0.4 is 5.32 Å². The summed E-state index contributed by atoms with van der Waals surface area (Å²) >= 11 is 3.03. The number of nitro benzene ring substituents is 1. The van der Waals surface area contributed by atoms with Crippen molar-refractivity contribution < 1.29 is 24.0 Å². The number of nitrogens with zero attached hydrogens (tertiary/aromatic N) is 1. The summed E-state index contributed by atoms with van der Waals surface area (Å²) in [6, 6.07) is 8.21. The number of benzene rings is 1. The standard InChI is InChI=1S/C14H9BrN2O6/c15-12-5-4-11(23-12)13(18)16-10(14(19)20)7-8-2-1-3-9(6-8)17(21)22/h1-7H,(H,16,18)(H,19,20)/b10-7+. The lowest BCUT2D eigenvalue weighted by Gasteiger charge is -2.04. The second kappa shape index (κ2) is 6.88. The molecule has 2 aromatic rings. The van der Waals surface area contributed by atoms with Gasteiger partial charge in [-0.3, -0.25) is 14.9 Å². The van der Waals surface area contributed by atoms with Crippen LogP contribution in [0.25, 0.3) is 6.08 Å². The Hall–Kier alpha value is -2.94. The Morgan fingerprint density at radius 3 is 2.61 bits per heavy atom. The molecule has 1 aromatic heterocycles. The lowest BCUT2D eigenvalue weighted by Crippen LogP contribution is -2.26. The predicted octanol–water partition coefficient (Wildman–Crippen LogP) is 2.81. The zero-order chi connectivity index (χ0) is 17.0. The molecule has 0 aliphatic rings. The van der Waals surface area contributed by atoms with E-state index in [1.165, 1.54) is 36.4 Å². The second-order valence-electron chi connectivity index (χ2n) is 4.27. The van der Waals surface area contributed by atoms with Crippen molar-refractivity contribution in [2.75, 3.05) is 0 Å². The van der Waals surface area contributed by atoms with Gasteiger partial charge < -0.3 is 14.8 Å². The van der Waals surface area contributed by atoms with E-state index >= 15 is 0 Å². The van der Waals surface area contributed by atoms with Gasteiger partial charge in [-0.25, -0.2) is 4.79 Å². The number of nitrogens with one attached hydrogen (secondary N) is 1. The molecule has 2 rings (SSSR count). The fourth-order valence-corrected chi connectivity index (χ4v) is 1.97. The van der Waals surface area contributed by atoms with Gasteiger partial charge in [0.1, 0.15) is 5.70 Å². The summed E-state index contributed by atoms with van der Waals surface area (Å²) in [7, 11) is 0. The molecule has 9 heteroatoms. The highest BCUT2D eigenvalue weighted by atomic mass is 79.9. The number of carbonyl (C=O) groups excluding carboxylic acids is 1. The van der Waals surface area contributed by atoms with Crippen LogP contribution in [0, 0.1) is 10.1 Å². The number of furan rings is 1. The van der Waals surface area contributed by atoms with Crippen molar-refractivity contribution in [2.24, 2.45) is 0 Å². The minimum atomic E-state index is -1.39. The molecule has 1 heterocycles. The quantitative estimate of drug-likeness (QED) is 0.467. The molecule has 0 aliphatic carbocycles. The van der Waals surface area contributed by atoms with Crippen LogP contribution in [0.3, 0.4) is 0 Å². The molecule has 0 unspecified atom stereocenters. The zero-order valence-electron chi connectivity index (χ0n) is 11.4. The number of non-ortho nitro benzene ring substituents is 1.